The lowest BCUT2D eigenvalue weighted by molar-refractivity contribution is -0.134. The van der Waals surface area contributed by atoms with Crippen LogP contribution in [0.15, 0.2) is 0 Å². The summed E-state index contributed by atoms with van der Waals surface area (Å²) in [5.41, 5.74) is 0. The van der Waals surface area contributed by atoms with Crippen LogP contribution in [0.2, 0.25) is 0 Å². The second-order valence-corrected chi connectivity index (χ2v) is 6.73. The Kier molecular flexibility index (Phi) is 4.47. The first-order valence-electron chi connectivity index (χ1n) is 8.53. The molecular formula is C16H27N5O. The van der Waals surface area contributed by atoms with Crippen LogP contribution in [0.1, 0.15) is 44.8 Å². The molecule has 6 heteroatoms. The Hall–Kier alpha value is -1.43. The molecule has 0 bridgehead atoms. The number of carbonyl (C=O) groups is 1. The van der Waals surface area contributed by atoms with E-state index in [0.717, 1.165) is 57.3 Å². The Morgan fingerprint density at radius 3 is 2.73 bits per heavy atom. The fourth-order valence-electron chi connectivity index (χ4n) is 3.56. The molecule has 1 atom stereocenters. The summed E-state index contributed by atoms with van der Waals surface area (Å²) in [6.45, 7) is 11.9. The van der Waals surface area contributed by atoms with Crippen LogP contribution in [0.4, 0.5) is 0 Å². The number of nitrogens with zero attached hydrogens (tertiary/aromatic N) is 5. The Morgan fingerprint density at radius 1 is 1.23 bits per heavy atom. The van der Waals surface area contributed by atoms with Crippen molar-refractivity contribution in [2.75, 3.05) is 32.7 Å². The number of carbonyl (C=O) groups excluding carboxylic acids is 1. The van der Waals surface area contributed by atoms with Gasteiger partial charge in [0.1, 0.15) is 11.6 Å². The smallest absolute Gasteiger partial charge is 0.225 e. The van der Waals surface area contributed by atoms with Gasteiger partial charge in [0.2, 0.25) is 5.91 Å². The first-order valence-corrected chi connectivity index (χ1v) is 8.53. The molecule has 2 aliphatic heterocycles. The van der Waals surface area contributed by atoms with Gasteiger partial charge in [0.05, 0.1) is 0 Å². The van der Waals surface area contributed by atoms with Gasteiger partial charge < -0.3 is 14.4 Å². The van der Waals surface area contributed by atoms with Crippen LogP contribution in [0.3, 0.4) is 0 Å². The van der Waals surface area contributed by atoms with Gasteiger partial charge >= 0.3 is 0 Å². The van der Waals surface area contributed by atoms with E-state index < -0.39 is 0 Å². The summed E-state index contributed by atoms with van der Waals surface area (Å²) in [5, 5.41) is 8.89. The average molecular weight is 305 g/mol. The minimum Gasteiger partial charge on any atom is -0.340 e. The van der Waals surface area contributed by atoms with Crippen LogP contribution in [0, 0.1) is 5.92 Å². The Labute approximate surface area is 132 Å². The van der Waals surface area contributed by atoms with Crippen LogP contribution in [-0.4, -0.2) is 63.2 Å². The molecule has 3 rings (SSSR count). The highest BCUT2D eigenvalue weighted by atomic mass is 16.2. The van der Waals surface area contributed by atoms with Crippen LogP contribution >= 0.6 is 0 Å². The van der Waals surface area contributed by atoms with E-state index in [1.165, 1.54) is 6.42 Å². The standard InChI is InChI=1S/C16H27N5O/c1-4-19-7-5-13(11-19)15-18-17-14-6-8-20(9-10-21(14)15)16(22)12(2)3/h12-13H,4-11H2,1-3H3. The van der Waals surface area contributed by atoms with Crippen molar-refractivity contribution in [3.63, 3.8) is 0 Å². The number of likely N-dealkylation sites (tertiary alicyclic amines) is 1. The third-order valence-electron chi connectivity index (χ3n) is 4.95. The van der Waals surface area contributed by atoms with Gasteiger partial charge in [-0.2, -0.15) is 0 Å². The van der Waals surface area contributed by atoms with Crippen molar-refractivity contribution in [2.24, 2.45) is 5.92 Å². The zero-order valence-electron chi connectivity index (χ0n) is 14.0. The molecule has 6 nitrogen and oxygen atoms in total. The van der Waals surface area contributed by atoms with Crippen LogP contribution in [0.25, 0.3) is 0 Å². The Morgan fingerprint density at radius 2 is 2.05 bits per heavy atom. The van der Waals surface area contributed by atoms with Crippen LogP contribution in [-0.2, 0) is 17.8 Å². The molecule has 1 aromatic rings. The van der Waals surface area contributed by atoms with Crippen molar-refractivity contribution in [1.29, 1.82) is 0 Å². The molecule has 0 aromatic carbocycles. The summed E-state index contributed by atoms with van der Waals surface area (Å²) in [5.74, 6) is 2.98. The van der Waals surface area contributed by atoms with Gasteiger partial charge in [0.15, 0.2) is 0 Å². The van der Waals surface area contributed by atoms with E-state index in [1.807, 2.05) is 18.7 Å². The van der Waals surface area contributed by atoms with Crippen molar-refractivity contribution in [1.82, 2.24) is 24.6 Å². The van der Waals surface area contributed by atoms with E-state index in [4.69, 9.17) is 0 Å². The van der Waals surface area contributed by atoms with Gasteiger partial charge in [-0.05, 0) is 19.5 Å². The predicted octanol–water partition coefficient (Wildman–Crippen LogP) is 1.13. The molecular weight excluding hydrogens is 278 g/mol. The largest absolute Gasteiger partial charge is 0.340 e. The summed E-state index contributed by atoms with van der Waals surface area (Å²) in [6.07, 6.45) is 1.98. The molecule has 0 radical (unpaired) electrons. The second kappa shape index (κ2) is 6.36. The normalized spacial score (nSPS) is 22.9. The maximum absolute atomic E-state index is 12.2. The lowest BCUT2D eigenvalue weighted by Crippen LogP contribution is -2.36. The molecule has 122 valence electrons. The topological polar surface area (TPSA) is 54.3 Å². The van der Waals surface area contributed by atoms with Crippen molar-refractivity contribution in [3.05, 3.63) is 11.6 Å². The quantitative estimate of drug-likeness (QED) is 0.840. The van der Waals surface area contributed by atoms with Gasteiger partial charge in [-0.15, -0.1) is 10.2 Å². The number of fused-ring (bicyclic) bond motifs is 1. The summed E-state index contributed by atoms with van der Waals surface area (Å²) in [7, 11) is 0. The summed E-state index contributed by atoms with van der Waals surface area (Å²) in [6, 6.07) is 0. The van der Waals surface area contributed by atoms with Crippen molar-refractivity contribution >= 4 is 5.91 Å². The van der Waals surface area contributed by atoms with E-state index in [-0.39, 0.29) is 11.8 Å². The van der Waals surface area contributed by atoms with E-state index in [9.17, 15) is 4.79 Å². The Balaban J connectivity index is 1.73. The average Bonchev–Trinajstić information content (AvgIpc) is 3.08. The van der Waals surface area contributed by atoms with Crippen molar-refractivity contribution < 1.29 is 4.79 Å². The third-order valence-corrected chi connectivity index (χ3v) is 4.95. The first kappa shape index (κ1) is 15.5. The second-order valence-electron chi connectivity index (χ2n) is 6.73. The highest BCUT2D eigenvalue weighted by molar-refractivity contribution is 5.78. The van der Waals surface area contributed by atoms with Gasteiger partial charge in [-0.1, -0.05) is 20.8 Å². The molecule has 22 heavy (non-hydrogen) atoms. The number of likely N-dealkylation sites (N-methyl/N-ethyl adjacent to an activating group) is 1. The predicted molar refractivity (Wildman–Crippen MR) is 84.6 cm³/mol. The zero-order chi connectivity index (χ0) is 15.7. The molecule has 1 fully saturated rings. The number of aromatic nitrogens is 3. The number of rotatable bonds is 3. The molecule has 1 unspecified atom stereocenters. The van der Waals surface area contributed by atoms with E-state index in [0.29, 0.717) is 5.92 Å². The summed E-state index contributed by atoms with van der Waals surface area (Å²) >= 11 is 0. The maximum Gasteiger partial charge on any atom is 0.225 e. The highest BCUT2D eigenvalue weighted by Crippen LogP contribution is 2.27. The zero-order valence-corrected chi connectivity index (χ0v) is 14.0. The SMILES string of the molecule is CCN1CCC(c2nnc3n2CCN(C(=O)C(C)C)CC3)C1. The van der Waals surface area contributed by atoms with Crippen LogP contribution < -0.4 is 0 Å². The highest BCUT2D eigenvalue weighted by Gasteiger charge is 2.30. The lowest BCUT2D eigenvalue weighted by atomic mass is 10.1. The number of hydrogen-bond donors (Lipinski definition) is 0. The third kappa shape index (κ3) is 2.89. The van der Waals surface area contributed by atoms with Crippen molar-refractivity contribution in [3.8, 4) is 0 Å². The Bertz CT molecular complexity index is 539. The maximum atomic E-state index is 12.2. The van der Waals surface area contributed by atoms with Crippen LogP contribution in [0.5, 0.6) is 0 Å². The summed E-state index contributed by atoms with van der Waals surface area (Å²) in [4.78, 5) is 16.7. The van der Waals surface area contributed by atoms with Gasteiger partial charge in [0, 0.05) is 44.4 Å². The molecule has 1 saturated heterocycles. The monoisotopic (exact) mass is 305 g/mol. The van der Waals surface area contributed by atoms with E-state index in [2.05, 4.69) is 26.6 Å². The van der Waals surface area contributed by atoms with Gasteiger partial charge in [0.25, 0.3) is 0 Å². The molecule has 3 heterocycles. The fraction of sp³-hybridized carbons (Fsp3) is 0.812. The minimum atomic E-state index is 0.0657. The molecule has 0 saturated carbocycles. The molecule has 0 N–H and O–H groups in total. The molecule has 0 aliphatic carbocycles. The van der Waals surface area contributed by atoms with Crippen molar-refractivity contribution in [2.45, 2.75) is 46.1 Å². The van der Waals surface area contributed by atoms with E-state index in [1.54, 1.807) is 0 Å². The summed E-state index contributed by atoms with van der Waals surface area (Å²) < 4.78 is 2.28. The number of amides is 1. The van der Waals surface area contributed by atoms with E-state index >= 15 is 0 Å². The minimum absolute atomic E-state index is 0.0657. The number of hydrogen-bond acceptors (Lipinski definition) is 4. The molecule has 1 aromatic heterocycles. The fourth-order valence-corrected chi connectivity index (χ4v) is 3.56. The van der Waals surface area contributed by atoms with Gasteiger partial charge in [-0.25, -0.2) is 0 Å². The van der Waals surface area contributed by atoms with Gasteiger partial charge in [-0.3, -0.25) is 4.79 Å². The molecule has 1 amide bonds. The first-order chi connectivity index (χ1) is 10.6. The lowest BCUT2D eigenvalue weighted by Gasteiger charge is -2.22. The molecule has 0 spiro atoms. The molecule has 2 aliphatic rings.